The molecule has 10 atom stereocenters. The van der Waals surface area contributed by atoms with Crippen molar-refractivity contribution in [3.63, 3.8) is 0 Å². The van der Waals surface area contributed by atoms with E-state index in [0.717, 1.165) is 64.6 Å². The molecule has 1 amide bonds. The number of nitrogens with one attached hydrogen (secondary N) is 1. The topological polar surface area (TPSA) is 72.8 Å². The normalized spacial score (nSPS) is 42.1. The first-order chi connectivity index (χ1) is 19.7. The summed E-state index contributed by atoms with van der Waals surface area (Å²) in [6.07, 6.45) is 12.1. The summed E-state index contributed by atoms with van der Waals surface area (Å²) in [4.78, 5) is 15.5. The Morgan fingerprint density at radius 3 is 2.49 bits per heavy atom. The van der Waals surface area contributed by atoms with Crippen LogP contribution in [-0.4, -0.2) is 52.4 Å². The van der Waals surface area contributed by atoms with Crippen LogP contribution in [-0.2, 0) is 11.3 Å². The summed E-state index contributed by atoms with van der Waals surface area (Å²) in [5, 5.41) is 25.6. The summed E-state index contributed by atoms with van der Waals surface area (Å²) in [6, 6.07) is 11.0. The third kappa shape index (κ3) is 5.65. The van der Waals surface area contributed by atoms with Gasteiger partial charge in [0.1, 0.15) is 0 Å². The average Bonchev–Trinajstić information content (AvgIpc) is 3.33. The molecule has 5 heteroatoms. The minimum absolute atomic E-state index is 0.0278. The maximum atomic E-state index is 13.0. The molecule has 1 heterocycles. The molecule has 0 spiro atoms. The van der Waals surface area contributed by atoms with Crippen molar-refractivity contribution >= 4 is 5.91 Å². The molecule has 4 saturated carbocycles. The van der Waals surface area contributed by atoms with Gasteiger partial charge in [-0.25, -0.2) is 0 Å². The fourth-order valence-electron chi connectivity index (χ4n) is 11.1. The number of amides is 1. The third-order valence-corrected chi connectivity index (χ3v) is 13.5. The Kier molecular flexibility index (Phi) is 8.62. The van der Waals surface area contributed by atoms with Crippen molar-refractivity contribution in [2.45, 2.75) is 123 Å². The Hall–Kier alpha value is -1.43. The largest absolute Gasteiger partial charge is 0.393 e. The first kappa shape index (κ1) is 29.6. The summed E-state index contributed by atoms with van der Waals surface area (Å²) in [5.74, 6) is 3.70. The van der Waals surface area contributed by atoms with Crippen molar-refractivity contribution in [1.82, 2.24) is 10.2 Å². The molecular weight excluding hydrogens is 508 g/mol. The molecule has 0 radical (unpaired) electrons. The number of likely N-dealkylation sites (tertiary alicyclic amines) is 1. The van der Waals surface area contributed by atoms with Crippen LogP contribution in [0.15, 0.2) is 30.3 Å². The molecule has 5 nitrogen and oxygen atoms in total. The van der Waals surface area contributed by atoms with E-state index in [1.165, 1.54) is 31.2 Å². The van der Waals surface area contributed by atoms with E-state index in [9.17, 15) is 15.0 Å². The van der Waals surface area contributed by atoms with Crippen molar-refractivity contribution in [1.29, 1.82) is 0 Å². The number of benzene rings is 1. The van der Waals surface area contributed by atoms with E-state index in [1.807, 2.05) is 0 Å². The minimum Gasteiger partial charge on any atom is -0.393 e. The Morgan fingerprint density at radius 1 is 0.976 bits per heavy atom. The Morgan fingerprint density at radius 2 is 1.73 bits per heavy atom. The van der Waals surface area contributed by atoms with E-state index in [0.29, 0.717) is 48.0 Å². The van der Waals surface area contributed by atoms with Gasteiger partial charge in [-0.15, -0.1) is 0 Å². The van der Waals surface area contributed by atoms with Gasteiger partial charge in [-0.3, -0.25) is 9.69 Å². The highest BCUT2D eigenvalue weighted by atomic mass is 16.3. The van der Waals surface area contributed by atoms with Crippen molar-refractivity contribution in [3.05, 3.63) is 35.9 Å². The van der Waals surface area contributed by atoms with Gasteiger partial charge in [0.2, 0.25) is 5.91 Å². The molecule has 1 aromatic carbocycles. The van der Waals surface area contributed by atoms with Crippen LogP contribution in [0.25, 0.3) is 0 Å². The molecule has 10 unspecified atom stereocenters. The van der Waals surface area contributed by atoms with Gasteiger partial charge in [0.15, 0.2) is 0 Å². The fourth-order valence-corrected chi connectivity index (χ4v) is 11.1. The predicted octanol–water partition coefficient (Wildman–Crippen LogP) is 6.17. The number of carbonyl (C=O) groups is 1. The number of rotatable bonds is 7. The highest BCUT2D eigenvalue weighted by molar-refractivity contribution is 5.76. The monoisotopic (exact) mass is 564 g/mol. The van der Waals surface area contributed by atoms with Gasteiger partial charge in [0.25, 0.3) is 0 Å². The molecule has 41 heavy (non-hydrogen) atoms. The second-order valence-electron chi connectivity index (χ2n) is 15.5. The number of hydrogen-bond donors (Lipinski definition) is 3. The lowest BCUT2D eigenvalue weighted by Gasteiger charge is -2.62. The van der Waals surface area contributed by atoms with Crippen molar-refractivity contribution < 1.29 is 15.0 Å². The Labute approximate surface area is 248 Å². The SMILES string of the molecule is CC(CCC(=O)NC1CCN(Cc2ccccc2)CC1)C1CCC2C3CCC4CC(O)CCC4(C)C3CC(O)C12C. The fraction of sp³-hybridized carbons (Fsp3) is 0.806. The summed E-state index contributed by atoms with van der Waals surface area (Å²) in [5.41, 5.74) is 1.62. The Balaban J connectivity index is 1.00. The molecular formula is C36H56N2O3. The Bertz CT molecular complexity index is 1040. The second kappa shape index (κ2) is 11.9. The van der Waals surface area contributed by atoms with E-state index >= 15 is 0 Å². The first-order valence-electron chi connectivity index (χ1n) is 17.1. The average molecular weight is 565 g/mol. The second-order valence-corrected chi connectivity index (χ2v) is 15.5. The highest BCUT2D eigenvalue weighted by Crippen LogP contribution is 2.68. The number of fused-ring (bicyclic) bond motifs is 5. The van der Waals surface area contributed by atoms with Gasteiger partial charge in [-0.05, 0) is 123 Å². The number of hydrogen-bond acceptors (Lipinski definition) is 4. The molecule has 1 saturated heterocycles. The molecule has 1 aliphatic heterocycles. The van der Waals surface area contributed by atoms with Crippen LogP contribution in [0, 0.1) is 46.3 Å². The number of nitrogens with zero attached hydrogens (tertiary/aromatic N) is 1. The van der Waals surface area contributed by atoms with Gasteiger partial charge in [0, 0.05) is 32.1 Å². The van der Waals surface area contributed by atoms with Crippen LogP contribution >= 0.6 is 0 Å². The van der Waals surface area contributed by atoms with Crippen LogP contribution in [0.1, 0.15) is 103 Å². The lowest BCUT2D eigenvalue weighted by Crippen LogP contribution is -2.58. The van der Waals surface area contributed by atoms with E-state index < -0.39 is 0 Å². The van der Waals surface area contributed by atoms with Gasteiger partial charge in [-0.1, -0.05) is 51.1 Å². The zero-order valence-electron chi connectivity index (χ0n) is 25.9. The van der Waals surface area contributed by atoms with E-state index in [2.05, 4.69) is 61.3 Å². The standard InChI is InChI=1S/C36H56N2O3/c1-24(9-14-34(41)37-27-16-19-38(20-17-27)23-25-7-5-4-6-8-25)30-12-13-31-29-11-10-26-21-28(39)15-18-35(26,2)32(29)22-33(40)36(30,31)3/h4-8,24,26-33,39-40H,9-23H2,1-3H3,(H,37,41). The van der Waals surface area contributed by atoms with Crippen molar-refractivity contribution in [3.8, 4) is 0 Å². The van der Waals surface area contributed by atoms with Crippen molar-refractivity contribution in [2.75, 3.05) is 13.1 Å². The van der Waals surface area contributed by atoms with Gasteiger partial charge in [-0.2, -0.15) is 0 Å². The van der Waals surface area contributed by atoms with E-state index in [4.69, 9.17) is 0 Å². The number of aliphatic hydroxyl groups is 2. The molecule has 5 fully saturated rings. The maximum Gasteiger partial charge on any atom is 0.220 e. The molecule has 0 bridgehead atoms. The number of aliphatic hydroxyl groups excluding tert-OH is 2. The molecule has 6 rings (SSSR count). The molecule has 1 aromatic rings. The van der Waals surface area contributed by atoms with Gasteiger partial charge < -0.3 is 15.5 Å². The summed E-state index contributed by atoms with van der Waals surface area (Å²) >= 11 is 0. The number of piperidine rings is 1. The van der Waals surface area contributed by atoms with Gasteiger partial charge in [0.05, 0.1) is 12.2 Å². The van der Waals surface area contributed by atoms with Crippen LogP contribution in [0.5, 0.6) is 0 Å². The lowest BCUT2D eigenvalue weighted by molar-refractivity contribution is -0.175. The van der Waals surface area contributed by atoms with Crippen LogP contribution in [0.3, 0.4) is 0 Å². The summed E-state index contributed by atoms with van der Waals surface area (Å²) < 4.78 is 0. The minimum atomic E-state index is -0.249. The molecule has 5 aliphatic rings. The quantitative estimate of drug-likeness (QED) is 0.370. The van der Waals surface area contributed by atoms with Crippen molar-refractivity contribution in [2.24, 2.45) is 46.3 Å². The maximum absolute atomic E-state index is 13.0. The zero-order chi connectivity index (χ0) is 28.8. The van der Waals surface area contributed by atoms with Crippen LogP contribution in [0.4, 0.5) is 0 Å². The summed E-state index contributed by atoms with van der Waals surface area (Å²) in [6.45, 7) is 10.3. The molecule has 0 aromatic heterocycles. The smallest absolute Gasteiger partial charge is 0.220 e. The first-order valence-corrected chi connectivity index (χ1v) is 17.1. The van der Waals surface area contributed by atoms with Gasteiger partial charge >= 0.3 is 0 Å². The van der Waals surface area contributed by atoms with E-state index in [1.54, 1.807) is 0 Å². The highest BCUT2D eigenvalue weighted by Gasteiger charge is 2.63. The van der Waals surface area contributed by atoms with Crippen LogP contribution < -0.4 is 5.32 Å². The molecule has 3 N–H and O–H groups in total. The lowest BCUT2D eigenvalue weighted by atomic mass is 9.43. The third-order valence-electron chi connectivity index (χ3n) is 13.5. The molecule has 4 aliphatic carbocycles. The molecule has 228 valence electrons. The predicted molar refractivity (Wildman–Crippen MR) is 164 cm³/mol. The zero-order valence-corrected chi connectivity index (χ0v) is 25.9. The summed E-state index contributed by atoms with van der Waals surface area (Å²) in [7, 11) is 0. The van der Waals surface area contributed by atoms with Crippen LogP contribution in [0.2, 0.25) is 0 Å². The number of carbonyl (C=O) groups excluding carboxylic acids is 1. The van der Waals surface area contributed by atoms with E-state index in [-0.39, 0.29) is 28.9 Å².